The van der Waals surface area contributed by atoms with Crippen LogP contribution < -0.4 is 4.74 Å². The van der Waals surface area contributed by atoms with E-state index in [1.807, 2.05) is 24.3 Å². The van der Waals surface area contributed by atoms with Crippen molar-refractivity contribution in [1.82, 2.24) is 0 Å². The molecule has 96 valence electrons. The Morgan fingerprint density at radius 1 is 1.21 bits per heavy atom. The number of aryl methyl sites for hydroxylation is 1. The minimum atomic E-state index is 0.668. The summed E-state index contributed by atoms with van der Waals surface area (Å²) in [6.07, 6.45) is 0. The maximum atomic E-state index is 8.96. The third-order valence-electron chi connectivity index (χ3n) is 2.89. The van der Waals surface area contributed by atoms with Gasteiger partial charge in [-0.05, 0) is 36.8 Å². The lowest BCUT2D eigenvalue weighted by Gasteiger charge is -2.09. The number of benzene rings is 2. The monoisotopic (exact) mass is 269 g/mol. The van der Waals surface area contributed by atoms with Crippen molar-refractivity contribution < 1.29 is 4.74 Å². The maximum absolute atomic E-state index is 8.96. The van der Waals surface area contributed by atoms with Crippen molar-refractivity contribution in [1.29, 1.82) is 5.26 Å². The molecular formula is C16H15NOS. The quantitative estimate of drug-likeness (QED) is 0.781. The Bertz CT molecular complexity index is 616. The smallest absolute Gasteiger partial charge is 0.122 e. The van der Waals surface area contributed by atoms with Gasteiger partial charge in [0.05, 0.1) is 18.7 Å². The second kappa shape index (κ2) is 6.31. The van der Waals surface area contributed by atoms with Gasteiger partial charge in [-0.1, -0.05) is 18.2 Å². The van der Waals surface area contributed by atoms with E-state index >= 15 is 0 Å². The minimum Gasteiger partial charge on any atom is -0.496 e. The van der Waals surface area contributed by atoms with Gasteiger partial charge in [-0.3, -0.25) is 0 Å². The highest BCUT2D eigenvalue weighted by atomic mass is 32.2. The average Bonchev–Trinajstić information content (AvgIpc) is 2.46. The second-order valence-electron chi connectivity index (χ2n) is 4.19. The first-order chi connectivity index (χ1) is 9.24. The van der Waals surface area contributed by atoms with Crippen molar-refractivity contribution in [3.8, 4) is 11.8 Å². The van der Waals surface area contributed by atoms with E-state index in [1.54, 1.807) is 24.9 Å². The van der Waals surface area contributed by atoms with E-state index in [9.17, 15) is 0 Å². The number of nitriles is 1. The molecule has 19 heavy (non-hydrogen) atoms. The summed E-state index contributed by atoms with van der Waals surface area (Å²) >= 11 is 1.76. The molecule has 2 aromatic carbocycles. The fraction of sp³-hybridized carbons (Fsp3) is 0.188. The molecule has 0 saturated heterocycles. The highest BCUT2D eigenvalue weighted by molar-refractivity contribution is 7.98. The molecule has 0 N–H and O–H groups in total. The van der Waals surface area contributed by atoms with Crippen LogP contribution in [-0.2, 0) is 5.75 Å². The van der Waals surface area contributed by atoms with Crippen LogP contribution in [0.4, 0.5) is 0 Å². The lowest BCUT2D eigenvalue weighted by molar-refractivity contribution is 0.411. The normalized spacial score (nSPS) is 9.95. The standard InChI is InChI=1S/C16H15NOS/c1-12-5-3-4-6-16(12)19-11-14-9-13(10-17)7-8-15(14)18-2/h3-9H,11H2,1-2H3. The van der Waals surface area contributed by atoms with Crippen molar-refractivity contribution in [3.05, 3.63) is 59.2 Å². The van der Waals surface area contributed by atoms with Gasteiger partial charge in [0, 0.05) is 16.2 Å². The zero-order valence-corrected chi connectivity index (χ0v) is 11.8. The Balaban J connectivity index is 2.19. The number of ether oxygens (including phenoxy) is 1. The third-order valence-corrected chi connectivity index (χ3v) is 4.11. The fourth-order valence-corrected chi connectivity index (χ4v) is 2.84. The van der Waals surface area contributed by atoms with Crippen molar-refractivity contribution >= 4 is 11.8 Å². The third kappa shape index (κ3) is 3.30. The maximum Gasteiger partial charge on any atom is 0.122 e. The van der Waals surface area contributed by atoms with Crippen molar-refractivity contribution in [2.75, 3.05) is 7.11 Å². The van der Waals surface area contributed by atoms with Gasteiger partial charge >= 0.3 is 0 Å². The number of hydrogen-bond acceptors (Lipinski definition) is 3. The predicted molar refractivity (Wildman–Crippen MR) is 78.4 cm³/mol. The number of methoxy groups -OCH3 is 1. The molecule has 0 saturated carbocycles. The van der Waals surface area contributed by atoms with Crippen LogP contribution in [0, 0.1) is 18.3 Å². The van der Waals surface area contributed by atoms with Crippen LogP contribution in [0.1, 0.15) is 16.7 Å². The topological polar surface area (TPSA) is 33.0 Å². The van der Waals surface area contributed by atoms with Crippen molar-refractivity contribution in [3.63, 3.8) is 0 Å². The Labute approximate surface area is 118 Å². The van der Waals surface area contributed by atoms with Gasteiger partial charge in [-0.15, -0.1) is 11.8 Å². The molecule has 0 amide bonds. The van der Waals surface area contributed by atoms with Crippen molar-refractivity contribution in [2.24, 2.45) is 0 Å². The SMILES string of the molecule is COc1ccc(C#N)cc1CSc1ccccc1C. The molecule has 3 heteroatoms. The largest absolute Gasteiger partial charge is 0.496 e. The van der Waals surface area contributed by atoms with E-state index in [-0.39, 0.29) is 0 Å². The molecule has 2 rings (SSSR count). The molecule has 0 aliphatic rings. The van der Waals surface area contributed by atoms with Crippen LogP contribution in [0.3, 0.4) is 0 Å². The van der Waals surface area contributed by atoms with Gasteiger partial charge in [-0.25, -0.2) is 0 Å². The Kier molecular flexibility index (Phi) is 4.48. The Morgan fingerprint density at radius 2 is 2.00 bits per heavy atom. The first kappa shape index (κ1) is 13.5. The minimum absolute atomic E-state index is 0.668. The van der Waals surface area contributed by atoms with Gasteiger partial charge in [0.25, 0.3) is 0 Å². The summed E-state index contributed by atoms with van der Waals surface area (Å²) in [6, 6.07) is 16.0. The summed E-state index contributed by atoms with van der Waals surface area (Å²) in [5, 5.41) is 8.96. The molecule has 0 unspecified atom stereocenters. The van der Waals surface area contributed by atoms with E-state index < -0.39 is 0 Å². The number of nitrogens with zero attached hydrogens (tertiary/aromatic N) is 1. The van der Waals surface area contributed by atoms with Crippen LogP contribution in [0.25, 0.3) is 0 Å². The van der Waals surface area contributed by atoms with Crippen LogP contribution in [0.15, 0.2) is 47.4 Å². The highest BCUT2D eigenvalue weighted by Crippen LogP contribution is 2.30. The molecule has 0 aromatic heterocycles. The molecule has 0 bridgehead atoms. The summed E-state index contributed by atoms with van der Waals surface area (Å²) in [5.41, 5.74) is 2.99. The lowest BCUT2D eigenvalue weighted by atomic mass is 10.1. The van der Waals surface area contributed by atoms with E-state index in [4.69, 9.17) is 10.00 Å². The van der Waals surface area contributed by atoms with E-state index in [2.05, 4.69) is 25.1 Å². The van der Waals surface area contributed by atoms with Gasteiger partial charge < -0.3 is 4.74 Å². The molecule has 0 aliphatic heterocycles. The summed E-state index contributed by atoms with van der Waals surface area (Å²) < 4.78 is 5.34. The molecule has 0 spiro atoms. The molecule has 0 heterocycles. The number of thioether (sulfide) groups is 1. The van der Waals surface area contributed by atoms with Gasteiger partial charge in [0.15, 0.2) is 0 Å². The van der Waals surface area contributed by atoms with E-state index in [0.717, 1.165) is 17.1 Å². The zero-order valence-electron chi connectivity index (χ0n) is 11.0. The Morgan fingerprint density at radius 3 is 2.68 bits per heavy atom. The fourth-order valence-electron chi connectivity index (χ4n) is 1.83. The summed E-state index contributed by atoms with van der Waals surface area (Å²) in [4.78, 5) is 1.26. The predicted octanol–water partition coefficient (Wildman–Crippen LogP) is 4.17. The molecule has 0 atom stereocenters. The first-order valence-electron chi connectivity index (χ1n) is 6.00. The molecular weight excluding hydrogens is 254 g/mol. The zero-order chi connectivity index (χ0) is 13.7. The highest BCUT2D eigenvalue weighted by Gasteiger charge is 2.06. The van der Waals surface area contributed by atoms with Gasteiger partial charge in [-0.2, -0.15) is 5.26 Å². The molecule has 0 aliphatic carbocycles. The van der Waals surface area contributed by atoms with E-state index in [1.165, 1.54) is 10.5 Å². The molecule has 0 radical (unpaired) electrons. The van der Waals surface area contributed by atoms with Gasteiger partial charge in [0.2, 0.25) is 0 Å². The summed E-state index contributed by atoms with van der Waals surface area (Å²) in [7, 11) is 1.66. The summed E-state index contributed by atoms with van der Waals surface area (Å²) in [5.74, 6) is 1.63. The number of hydrogen-bond donors (Lipinski definition) is 0. The van der Waals surface area contributed by atoms with Gasteiger partial charge in [0.1, 0.15) is 5.75 Å². The van der Waals surface area contributed by atoms with Crippen LogP contribution in [0.5, 0.6) is 5.75 Å². The Hall–Kier alpha value is -1.92. The molecule has 2 nitrogen and oxygen atoms in total. The summed E-state index contributed by atoms with van der Waals surface area (Å²) in [6.45, 7) is 2.10. The average molecular weight is 269 g/mol. The first-order valence-corrected chi connectivity index (χ1v) is 6.98. The second-order valence-corrected chi connectivity index (χ2v) is 5.21. The lowest BCUT2D eigenvalue weighted by Crippen LogP contribution is -1.92. The van der Waals surface area contributed by atoms with Crippen LogP contribution in [0.2, 0.25) is 0 Å². The molecule has 2 aromatic rings. The van der Waals surface area contributed by atoms with Crippen molar-refractivity contribution in [2.45, 2.75) is 17.6 Å². The van der Waals surface area contributed by atoms with Crippen LogP contribution >= 0.6 is 11.8 Å². The van der Waals surface area contributed by atoms with E-state index in [0.29, 0.717) is 5.56 Å². The van der Waals surface area contributed by atoms with Crippen LogP contribution in [-0.4, -0.2) is 7.11 Å². The molecule has 0 fully saturated rings. The number of rotatable bonds is 4.